The summed E-state index contributed by atoms with van der Waals surface area (Å²) < 4.78 is 2.51. The molecule has 16 heavy (non-hydrogen) atoms. The van der Waals surface area contributed by atoms with Gasteiger partial charge in [0, 0.05) is 13.6 Å². The van der Waals surface area contributed by atoms with Gasteiger partial charge < -0.3 is 0 Å². The van der Waals surface area contributed by atoms with E-state index in [9.17, 15) is 9.59 Å². The summed E-state index contributed by atoms with van der Waals surface area (Å²) in [5.74, 6) is 0.287. The van der Waals surface area contributed by atoms with Crippen molar-refractivity contribution in [3.63, 3.8) is 0 Å². The van der Waals surface area contributed by atoms with Gasteiger partial charge in [0.15, 0.2) is 11.2 Å². The molecule has 7 nitrogen and oxygen atoms in total. The quantitative estimate of drug-likeness (QED) is 0.741. The van der Waals surface area contributed by atoms with Crippen molar-refractivity contribution in [2.75, 3.05) is 0 Å². The molecule has 0 aliphatic carbocycles. The Kier molecular flexibility index (Phi) is 2.37. The average Bonchev–Trinajstić information content (AvgIpc) is 2.69. The minimum atomic E-state index is -0.422. The van der Waals surface area contributed by atoms with Crippen LogP contribution in [0.2, 0.25) is 0 Å². The number of aromatic amines is 1. The van der Waals surface area contributed by atoms with E-state index in [4.69, 9.17) is 0 Å². The van der Waals surface area contributed by atoms with Gasteiger partial charge >= 0.3 is 5.69 Å². The Labute approximate surface area is 90.7 Å². The average molecular weight is 223 g/mol. The number of H-pyrrole nitrogens is 1. The lowest BCUT2D eigenvalue weighted by atomic mass is 10.2. The van der Waals surface area contributed by atoms with E-state index < -0.39 is 5.56 Å². The Hall–Kier alpha value is -1.92. The second-order valence-corrected chi connectivity index (χ2v) is 4.15. The Morgan fingerprint density at radius 1 is 1.31 bits per heavy atom. The third-order valence-electron chi connectivity index (χ3n) is 2.36. The van der Waals surface area contributed by atoms with E-state index in [0.29, 0.717) is 12.2 Å². The molecule has 2 aromatic heterocycles. The molecule has 0 aliphatic rings. The third-order valence-corrected chi connectivity index (χ3v) is 2.36. The van der Waals surface area contributed by atoms with Crippen molar-refractivity contribution in [2.45, 2.75) is 20.4 Å². The molecule has 0 bridgehead atoms. The summed E-state index contributed by atoms with van der Waals surface area (Å²) in [7, 11) is 1.44. The number of fused-ring (bicyclic) bond motifs is 1. The Morgan fingerprint density at radius 3 is 2.62 bits per heavy atom. The SMILES string of the molecule is CC(C)Cn1c(=O)n(C)c(=O)c2n[nH]nc21. The van der Waals surface area contributed by atoms with Gasteiger partial charge in [-0.15, -0.1) is 10.2 Å². The second kappa shape index (κ2) is 3.58. The maximum absolute atomic E-state index is 11.9. The second-order valence-electron chi connectivity index (χ2n) is 4.15. The topological polar surface area (TPSA) is 85.6 Å². The van der Waals surface area contributed by atoms with Gasteiger partial charge in [-0.25, -0.2) is 4.79 Å². The molecular formula is C9H13N5O2. The lowest BCUT2D eigenvalue weighted by Crippen LogP contribution is -2.38. The molecule has 1 N–H and O–H groups in total. The van der Waals surface area contributed by atoms with Gasteiger partial charge in [-0.1, -0.05) is 13.8 Å². The maximum atomic E-state index is 11.9. The molecule has 0 fully saturated rings. The molecule has 0 atom stereocenters. The van der Waals surface area contributed by atoms with E-state index in [1.165, 1.54) is 11.6 Å². The molecule has 2 aromatic rings. The van der Waals surface area contributed by atoms with E-state index in [1.54, 1.807) is 0 Å². The first kappa shape index (κ1) is 10.6. The van der Waals surface area contributed by atoms with Crippen molar-refractivity contribution in [3.05, 3.63) is 20.8 Å². The largest absolute Gasteiger partial charge is 0.332 e. The summed E-state index contributed by atoms with van der Waals surface area (Å²) in [6.07, 6.45) is 0. The van der Waals surface area contributed by atoms with Crippen LogP contribution in [0.25, 0.3) is 11.2 Å². The van der Waals surface area contributed by atoms with Crippen LogP contribution >= 0.6 is 0 Å². The maximum Gasteiger partial charge on any atom is 0.332 e. The summed E-state index contributed by atoms with van der Waals surface area (Å²) in [6, 6.07) is 0. The number of rotatable bonds is 2. The number of hydrogen-bond acceptors (Lipinski definition) is 4. The molecule has 2 heterocycles. The van der Waals surface area contributed by atoms with E-state index >= 15 is 0 Å². The van der Waals surface area contributed by atoms with E-state index in [2.05, 4.69) is 15.4 Å². The van der Waals surface area contributed by atoms with Crippen molar-refractivity contribution in [3.8, 4) is 0 Å². The van der Waals surface area contributed by atoms with E-state index in [1.807, 2.05) is 13.8 Å². The predicted molar refractivity (Wildman–Crippen MR) is 58.2 cm³/mol. The molecule has 0 saturated carbocycles. The van der Waals surface area contributed by atoms with Gasteiger partial charge in [0.1, 0.15) is 0 Å². The summed E-state index contributed by atoms with van der Waals surface area (Å²) in [6.45, 7) is 4.49. The van der Waals surface area contributed by atoms with Crippen LogP contribution < -0.4 is 11.2 Å². The number of nitrogens with zero attached hydrogens (tertiary/aromatic N) is 4. The Morgan fingerprint density at radius 2 is 2.00 bits per heavy atom. The van der Waals surface area contributed by atoms with Crippen LogP contribution in [0.3, 0.4) is 0 Å². The fourth-order valence-electron chi connectivity index (χ4n) is 1.60. The van der Waals surface area contributed by atoms with Crippen molar-refractivity contribution in [1.29, 1.82) is 0 Å². The monoisotopic (exact) mass is 223 g/mol. The van der Waals surface area contributed by atoms with Gasteiger partial charge in [-0.05, 0) is 5.92 Å². The lowest BCUT2D eigenvalue weighted by Gasteiger charge is -2.09. The first-order valence-corrected chi connectivity index (χ1v) is 5.02. The molecule has 0 aromatic carbocycles. The minimum Gasteiger partial charge on any atom is -0.274 e. The molecule has 0 unspecified atom stereocenters. The first-order valence-electron chi connectivity index (χ1n) is 5.02. The highest BCUT2D eigenvalue weighted by molar-refractivity contribution is 5.67. The molecule has 0 amide bonds. The van der Waals surface area contributed by atoms with Gasteiger partial charge in [-0.3, -0.25) is 13.9 Å². The van der Waals surface area contributed by atoms with Crippen LogP contribution in [0.1, 0.15) is 13.8 Å². The molecular weight excluding hydrogens is 210 g/mol. The summed E-state index contributed by atoms with van der Waals surface area (Å²) in [5.41, 5.74) is -0.265. The van der Waals surface area contributed by atoms with Crippen molar-refractivity contribution < 1.29 is 0 Å². The molecule has 7 heteroatoms. The van der Waals surface area contributed by atoms with Crippen molar-refractivity contribution >= 4 is 11.2 Å². The molecule has 0 saturated heterocycles. The van der Waals surface area contributed by atoms with Crippen molar-refractivity contribution in [1.82, 2.24) is 24.5 Å². The molecule has 0 radical (unpaired) electrons. The number of aromatic nitrogens is 5. The smallest absolute Gasteiger partial charge is 0.274 e. The Balaban J connectivity index is 2.86. The zero-order chi connectivity index (χ0) is 11.9. The van der Waals surface area contributed by atoms with Crippen LogP contribution in [-0.4, -0.2) is 24.5 Å². The standard InChI is InChI=1S/C9H13N5O2/c1-5(2)4-14-7-6(10-12-11-7)8(15)13(3)9(14)16/h5H,4H2,1-3H3,(H,10,11,12). The van der Waals surface area contributed by atoms with Crippen LogP contribution in [0, 0.1) is 5.92 Å². The van der Waals surface area contributed by atoms with Gasteiger partial charge in [0.25, 0.3) is 5.56 Å². The van der Waals surface area contributed by atoms with Crippen molar-refractivity contribution in [2.24, 2.45) is 13.0 Å². The minimum absolute atomic E-state index is 0.197. The van der Waals surface area contributed by atoms with E-state index in [0.717, 1.165) is 4.57 Å². The summed E-state index contributed by atoms with van der Waals surface area (Å²) in [5, 5.41) is 9.98. The number of hydrogen-bond donors (Lipinski definition) is 1. The van der Waals surface area contributed by atoms with Gasteiger partial charge in [0.2, 0.25) is 0 Å². The zero-order valence-electron chi connectivity index (χ0n) is 9.39. The van der Waals surface area contributed by atoms with E-state index in [-0.39, 0.29) is 17.1 Å². The van der Waals surface area contributed by atoms with Crippen LogP contribution in [0.15, 0.2) is 9.59 Å². The summed E-state index contributed by atoms with van der Waals surface area (Å²) in [4.78, 5) is 23.6. The first-order chi connectivity index (χ1) is 7.52. The lowest BCUT2D eigenvalue weighted by molar-refractivity contribution is 0.499. The zero-order valence-corrected chi connectivity index (χ0v) is 9.39. The highest BCUT2D eigenvalue weighted by Gasteiger charge is 2.14. The fourth-order valence-corrected chi connectivity index (χ4v) is 1.60. The van der Waals surface area contributed by atoms with Crippen LogP contribution in [0.5, 0.6) is 0 Å². The number of nitrogens with one attached hydrogen (secondary N) is 1. The molecule has 0 spiro atoms. The van der Waals surface area contributed by atoms with Gasteiger partial charge in [0.05, 0.1) is 0 Å². The fraction of sp³-hybridized carbons (Fsp3) is 0.556. The highest BCUT2D eigenvalue weighted by atomic mass is 16.2. The molecule has 0 aliphatic heterocycles. The van der Waals surface area contributed by atoms with Crippen LogP contribution in [0.4, 0.5) is 0 Å². The molecule has 2 rings (SSSR count). The van der Waals surface area contributed by atoms with Crippen LogP contribution in [-0.2, 0) is 13.6 Å². The summed E-state index contributed by atoms with van der Waals surface area (Å²) >= 11 is 0. The molecule has 86 valence electrons. The van der Waals surface area contributed by atoms with Gasteiger partial charge in [-0.2, -0.15) is 5.21 Å². The normalized spacial score (nSPS) is 11.5. The predicted octanol–water partition coefficient (Wildman–Crippen LogP) is -0.526. The Bertz CT molecular complexity index is 633. The third kappa shape index (κ3) is 1.44. The highest BCUT2D eigenvalue weighted by Crippen LogP contribution is 2.03.